The highest BCUT2D eigenvalue weighted by molar-refractivity contribution is 5.97. The summed E-state index contributed by atoms with van der Waals surface area (Å²) < 4.78 is 5.41. The molecule has 0 spiro atoms. The third-order valence-corrected chi connectivity index (χ3v) is 5.18. The predicted molar refractivity (Wildman–Crippen MR) is 110 cm³/mol. The van der Waals surface area contributed by atoms with Gasteiger partial charge in [-0.3, -0.25) is 9.59 Å². The first-order valence-corrected chi connectivity index (χ1v) is 9.71. The van der Waals surface area contributed by atoms with Crippen LogP contribution in [0.4, 0.5) is 5.69 Å². The number of benzene rings is 2. The van der Waals surface area contributed by atoms with Crippen molar-refractivity contribution in [3.63, 3.8) is 0 Å². The molecular weight excluding hydrogens is 352 g/mol. The fourth-order valence-electron chi connectivity index (χ4n) is 3.52. The first-order valence-electron chi connectivity index (χ1n) is 9.71. The van der Waals surface area contributed by atoms with Crippen LogP contribution in [0.15, 0.2) is 54.6 Å². The number of ether oxygens (including phenoxy) is 1. The molecule has 2 amide bonds. The quantitative estimate of drug-likeness (QED) is 0.857. The number of hydrogen-bond acceptors (Lipinski definition) is 3. The van der Waals surface area contributed by atoms with Crippen LogP contribution in [0.5, 0.6) is 0 Å². The summed E-state index contributed by atoms with van der Waals surface area (Å²) in [6.45, 7) is 7.79. The Bertz CT molecular complexity index is 833. The van der Waals surface area contributed by atoms with E-state index in [0.717, 1.165) is 5.56 Å². The van der Waals surface area contributed by atoms with Gasteiger partial charge in [-0.05, 0) is 36.1 Å². The maximum absolute atomic E-state index is 12.8. The summed E-state index contributed by atoms with van der Waals surface area (Å²) in [4.78, 5) is 27.3. The molecule has 1 unspecified atom stereocenters. The molecule has 1 aliphatic heterocycles. The monoisotopic (exact) mass is 380 g/mol. The number of carbonyl (C=O) groups excluding carboxylic acids is 2. The van der Waals surface area contributed by atoms with Gasteiger partial charge in [0.15, 0.2) is 0 Å². The minimum absolute atomic E-state index is 0.0310. The molecule has 0 bridgehead atoms. The van der Waals surface area contributed by atoms with E-state index in [9.17, 15) is 9.59 Å². The fraction of sp³-hybridized carbons (Fsp3) is 0.391. The van der Waals surface area contributed by atoms with Crippen molar-refractivity contribution in [3.8, 4) is 0 Å². The third-order valence-electron chi connectivity index (χ3n) is 5.18. The van der Waals surface area contributed by atoms with E-state index in [1.54, 1.807) is 18.2 Å². The summed E-state index contributed by atoms with van der Waals surface area (Å²) in [7, 11) is 0. The van der Waals surface area contributed by atoms with Crippen molar-refractivity contribution in [2.24, 2.45) is 0 Å². The second-order valence-electron chi connectivity index (χ2n) is 7.98. The van der Waals surface area contributed by atoms with E-state index in [1.807, 2.05) is 48.2 Å². The second kappa shape index (κ2) is 8.57. The minimum atomic E-state index is -0.276. The highest BCUT2D eigenvalue weighted by Crippen LogP contribution is 2.27. The molecule has 0 aromatic heterocycles. The molecule has 0 radical (unpaired) electrons. The summed E-state index contributed by atoms with van der Waals surface area (Å²) in [6.07, 6.45) is 0.357. The lowest BCUT2D eigenvalue weighted by atomic mass is 9.81. The second-order valence-corrected chi connectivity index (χ2v) is 7.98. The average Bonchev–Trinajstić information content (AvgIpc) is 2.68. The molecule has 3 rings (SSSR count). The standard InChI is InChI=1S/C23H28N2O3/c1-17-16-28-13-12-25(17)22(27)18-8-7-11-20(14-18)24-21(26)15-23(2,3)19-9-5-4-6-10-19/h4-11,14,17H,12-13,15-16H2,1-3H3,(H,24,26). The maximum atomic E-state index is 12.8. The summed E-state index contributed by atoms with van der Waals surface area (Å²) in [6, 6.07) is 17.2. The smallest absolute Gasteiger partial charge is 0.254 e. The van der Waals surface area contributed by atoms with Crippen molar-refractivity contribution in [2.75, 3.05) is 25.1 Å². The van der Waals surface area contributed by atoms with Gasteiger partial charge in [0.05, 0.1) is 19.3 Å². The summed E-state index contributed by atoms with van der Waals surface area (Å²) in [5, 5.41) is 2.94. The zero-order valence-electron chi connectivity index (χ0n) is 16.8. The van der Waals surface area contributed by atoms with Crippen molar-refractivity contribution in [3.05, 3.63) is 65.7 Å². The molecule has 1 atom stereocenters. The lowest BCUT2D eigenvalue weighted by Crippen LogP contribution is -2.47. The van der Waals surface area contributed by atoms with Gasteiger partial charge >= 0.3 is 0 Å². The van der Waals surface area contributed by atoms with Crippen molar-refractivity contribution < 1.29 is 14.3 Å². The molecule has 1 heterocycles. The molecule has 28 heavy (non-hydrogen) atoms. The van der Waals surface area contributed by atoms with E-state index in [4.69, 9.17) is 4.74 Å². The fourth-order valence-corrected chi connectivity index (χ4v) is 3.52. The summed E-state index contributed by atoms with van der Waals surface area (Å²) >= 11 is 0. The Kier molecular flexibility index (Phi) is 6.15. The topological polar surface area (TPSA) is 58.6 Å². The van der Waals surface area contributed by atoms with Crippen molar-refractivity contribution >= 4 is 17.5 Å². The SMILES string of the molecule is CC1COCCN1C(=O)c1cccc(NC(=O)CC(C)(C)c2ccccc2)c1. The van der Waals surface area contributed by atoms with Crippen molar-refractivity contribution in [2.45, 2.75) is 38.6 Å². The number of rotatable bonds is 5. The number of carbonyl (C=O) groups is 2. The Morgan fingerprint density at radius 1 is 1.14 bits per heavy atom. The zero-order valence-corrected chi connectivity index (χ0v) is 16.8. The Hall–Kier alpha value is -2.66. The third kappa shape index (κ3) is 4.78. The summed E-state index contributed by atoms with van der Waals surface area (Å²) in [5.74, 6) is -0.102. The number of nitrogens with zero attached hydrogens (tertiary/aromatic N) is 1. The van der Waals surface area contributed by atoms with E-state index in [2.05, 4.69) is 19.2 Å². The van der Waals surface area contributed by atoms with Crippen LogP contribution in [-0.2, 0) is 14.9 Å². The van der Waals surface area contributed by atoms with Crippen LogP contribution in [-0.4, -0.2) is 42.5 Å². The van der Waals surface area contributed by atoms with Crippen LogP contribution in [0, 0.1) is 0 Å². The Morgan fingerprint density at radius 3 is 2.61 bits per heavy atom. The average molecular weight is 380 g/mol. The van der Waals surface area contributed by atoms with Gasteiger partial charge < -0.3 is 15.0 Å². The van der Waals surface area contributed by atoms with Gasteiger partial charge in [0.1, 0.15) is 0 Å². The van der Waals surface area contributed by atoms with Gasteiger partial charge in [-0.25, -0.2) is 0 Å². The van der Waals surface area contributed by atoms with Crippen LogP contribution < -0.4 is 5.32 Å². The van der Waals surface area contributed by atoms with Gasteiger partial charge in [0, 0.05) is 24.2 Å². The maximum Gasteiger partial charge on any atom is 0.254 e. The molecule has 2 aromatic carbocycles. The molecule has 1 N–H and O–H groups in total. The number of nitrogens with one attached hydrogen (secondary N) is 1. The Labute approximate surface area is 166 Å². The van der Waals surface area contributed by atoms with Gasteiger partial charge in [-0.15, -0.1) is 0 Å². The first-order chi connectivity index (χ1) is 13.4. The van der Waals surface area contributed by atoms with Gasteiger partial charge in [-0.2, -0.15) is 0 Å². The lowest BCUT2D eigenvalue weighted by Gasteiger charge is -2.33. The van der Waals surface area contributed by atoms with E-state index in [0.29, 0.717) is 37.4 Å². The van der Waals surface area contributed by atoms with Crippen molar-refractivity contribution in [1.29, 1.82) is 0 Å². The van der Waals surface area contributed by atoms with E-state index in [-0.39, 0.29) is 23.3 Å². The number of morpholine rings is 1. The van der Waals surface area contributed by atoms with Crippen LogP contribution in [0.1, 0.15) is 43.1 Å². The molecule has 5 heteroatoms. The number of amides is 2. The first kappa shape index (κ1) is 20.1. The molecule has 5 nitrogen and oxygen atoms in total. The zero-order chi connectivity index (χ0) is 20.1. The van der Waals surface area contributed by atoms with Crippen LogP contribution in [0.3, 0.4) is 0 Å². The normalized spacial score (nSPS) is 17.2. The lowest BCUT2D eigenvalue weighted by molar-refractivity contribution is -0.117. The van der Waals surface area contributed by atoms with Crippen LogP contribution >= 0.6 is 0 Å². The predicted octanol–water partition coefficient (Wildman–Crippen LogP) is 3.85. The van der Waals surface area contributed by atoms with Crippen molar-refractivity contribution in [1.82, 2.24) is 4.90 Å². The molecule has 1 saturated heterocycles. The van der Waals surface area contributed by atoms with E-state index in [1.165, 1.54) is 0 Å². The minimum Gasteiger partial charge on any atom is -0.377 e. The van der Waals surface area contributed by atoms with Gasteiger partial charge in [-0.1, -0.05) is 50.2 Å². The molecular formula is C23H28N2O3. The van der Waals surface area contributed by atoms with Crippen LogP contribution in [0.2, 0.25) is 0 Å². The largest absolute Gasteiger partial charge is 0.377 e. The molecule has 148 valence electrons. The molecule has 2 aromatic rings. The van der Waals surface area contributed by atoms with Crippen LogP contribution in [0.25, 0.3) is 0 Å². The molecule has 1 fully saturated rings. The Balaban J connectivity index is 1.67. The van der Waals surface area contributed by atoms with E-state index < -0.39 is 0 Å². The highest BCUT2D eigenvalue weighted by Gasteiger charge is 2.26. The molecule has 1 aliphatic rings. The highest BCUT2D eigenvalue weighted by atomic mass is 16.5. The van der Waals surface area contributed by atoms with Gasteiger partial charge in [0.2, 0.25) is 5.91 Å². The van der Waals surface area contributed by atoms with E-state index >= 15 is 0 Å². The number of hydrogen-bond donors (Lipinski definition) is 1. The summed E-state index contributed by atoms with van der Waals surface area (Å²) in [5.41, 5.74) is 2.06. The van der Waals surface area contributed by atoms with Gasteiger partial charge in [0.25, 0.3) is 5.91 Å². The Morgan fingerprint density at radius 2 is 1.89 bits per heavy atom. The molecule has 0 aliphatic carbocycles. The number of anilines is 1. The molecule has 0 saturated carbocycles.